The van der Waals surface area contributed by atoms with Gasteiger partial charge < -0.3 is 29.8 Å². The van der Waals surface area contributed by atoms with Crippen molar-refractivity contribution in [2.75, 3.05) is 6.61 Å². The van der Waals surface area contributed by atoms with Gasteiger partial charge in [0.05, 0.1) is 6.61 Å². The summed E-state index contributed by atoms with van der Waals surface area (Å²) in [5.74, 6) is 0. The van der Waals surface area contributed by atoms with Crippen molar-refractivity contribution in [1.29, 1.82) is 0 Å². The Morgan fingerprint density at radius 1 is 1.29 bits per heavy atom. The molecule has 11 heteroatoms. The summed E-state index contributed by atoms with van der Waals surface area (Å²) in [6.07, 6.45) is -8.50. The van der Waals surface area contributed by atoms with Gasteiger partial charge in [-0.2, -0.15) is 0 Å². The molecule has 0 rings (SSSR count). The predicted octanol–water partition coefficient (Wildman–Crippen LogP) is -6.89. The van der Waals surface area contributed by atoms with Crippen LogP contribution in [0.15, 0.2) is 0 Å². The second-order valence-electron chi connectivity index (χ2n) is 2.84. The maximum Gasteiger partial charge on any atom is 1.00 e. The van der Waals surface area contributed by atoms with Gasteiger partial charge in [0.25, 0.3) is 0 Å². The van der Waals surface area contributed by atoms with Crippen molar-refractivity contribution in [3.8, 4) is 0 Å². The Morgan fingerprint density at radius 3 is 2.06 bits per heavy atom. The average Bonchev–Trinajstić information content (AvgIpc) is 2.21. The van der Waals surface area contributed by atoms with E-state index in [1.165, 1.54) is 0 Å². The maximum absolute atomic E-state index is 10.2. The molecule has 0 saturated heterocycles. The van der Waals surface area contributed by atoms with Crippen LogP contribution in [0.3, 0.4) is 0 Å². The first-order valence-electron chi connectivity index (χ1n) is 3.97. The number of rotatable bonds is 7. The van der Waals surface area contributed by atoms with Gasteiger partial charge in [-0.25, -0.2) is 8.42 Å². The van der Waals surface area contributed by atoms with Gasteiger partial charge in [-0.3, -0.25) is 4.18 Å². The number of aliphatic hydroxyl groups excluding tert-OH is 4. The van der Waals surface area contributed by atoms with E-state index >= 15 is 0 Å². The SMILES string of the molecule is O=C[C@H](O)[C@@H](OS(=O)(=O)[O-])[C@@H](O)[C@H](O)CO.[Na+]. The third kappa shape index (κ3) is 7.41. The number of hydrogen-bond donors (Lipinski definition) is 4. The molecule has 96 valence electrons. The van der Waals surface area contributed by atoms with E-state index in [2.05, 4.69) is 4.18 Å². The third-order valence-corrected chi connectivity index (χ3v) is 2.08. The standard InChI is InChI=1S/C6H12O9S.Na/c7-1-3(9)5(11)6(4(10)2-8)15-16(12,13)14;/h2-7,9-11H,1H2,(H,12,13,14);/q;+1/p-1/t3-,4+,5+,6-;/m1./s1. The Morgan fingerprint density at radius 2 is 1.76 bits per heavy atom. The van der Waals surface area contributed by atoms with Gasteiger partial charge >= 0.3 is 29.6 Å². The summed E-state index contributed by atoms with van der Waals surface area (Å²) in [6, 6.07) is 0. The van der Waals surface area contributed by atoms with Gasteiger partial charge in [-0.05, 0) is 0 Å². The zero-order valence-electron chi connectivity index (χ0n) is 8.83. The minimum atomic E-state index is -5.29. The Hall–Kier alpha value is 0.380. The summed E-state index contributed by atoms with van der Waals surface area (Å²) in [5, 5.41) is 35.5. The molecule has 0 aromatic carbocycles. The van der Waals surface area contributed by atoms with Crippen molar-refractivity contribution in [2.45, 2.75) is 24.4 Å². The van der Waals surface area contributed by atoms with Crippen LogP contribution in [0.5, 0.6) is 0 Å². The molecule has 0 heterocycles. The van der Waals surface area contributed by atoms with Gasteiger partial charge in [0.1, 0.15) is 24.4 Å². The van der Waals surface area contributed by atoms with Crippen LogP contribution in [-0.4, -0.2) is 70.7 Å². The molecule has 0 aromatic heterocycles. The van der Waals surface area contributed by atoms with E-state index in [9.17, 15) is 22.9 Å². The van der Waals surface area contributed by atoms with Crippen molar-refractivity contribution in [3.05, 3.63) is 0 Å². The van der Waals surface area contributed by atoms with E-state index in [1.807, 2.05) is 0 Å². The summed E-state index contributed by atoms with van der Waals surface area (Å²) in [6.45, 7) is -0.981. The fraction of sp³-hybridized carbons (Fsp3) is 0.833. The molecule has 9 nitrogen and oxygen atoms in total. The van der Waals surface area contributed by atoms with Gasteiger partial charge in [-0.15, -0.1) is 0 Å². The molecule has 4 N–H and O–H groups in total. The number of carbonyl (C=O) groups is 1. The first-order chi connectivity index (χ1) is 7.22. The van der Waals surface area contributed by atoms with Crippen LogP contribution in [0, 0.1) is 0 Å². The van der Waals surface area contributed by atoms with Crippen LogP contribution in [0.2, 0.25) is 0 Å². The summed E-state index contributed by atoms with van der Waals surface area (Å²) in [5.41, 5.74) is 0. The van der Waals surface area contributed by atoms with Crippen molar-refractivity contribution in [3.63, 3.8) is 0 Å². The van der Waals surface area contributed by atoms with Gasteiger partial charge in [0.15, 0.2) is 6.29 Å². The largest absolute Gasteiger partial charge is 1.00 e. The van der Waals surface area contributed by atoms with Crippen LogP contribution >= 0.6 is 0 Å². The summed E-state index contributed by atoms with van der Waals surface area (Å²) in [7, 11) is -5.29. The molecule has 0 fully saturated rings. The zero-order chi connectivity index (χ0) is 12.9. The van der Waals surface area contributed by atoms with Crippen molar-refractivity contribution < 1.29 is 71.9 Å². The molecule has 0 bridgehead atoms. The van der Waals surface area contributed by atoms with Crippen LogP contribution in [0.1, 0.15) is 0 Å². The van der Waals surface area contributed by atoms with E-state index in [4.69, 9.17) is 15.3 Å². The minimum absolute atomic E-state index is 0. The molecule has 0 aromatic rings. The van der Waals surface area contributed by atoms with Crippen LogP contribution in [-0.2, 0) is 19.4 Å². The molecule has 0 amide bonds. The topological polar surface area (TPSA) is 164 Å². The van der Waals surface area contributed by atoms with Gasteiger partial charge in [0.2, 0.25) is 10.4 Å². The molecule has 0 aliphatic heterocycles. The van der Waals surface area contributed by atoms with E-state index in [-0.39, 0.29) is 35.8 Å². The second kappa shape index (κ2) is 8.48. The van der Waals surface area contributed by atoms with Crippen molar-refractivity contribution in [2.24, 2.45) is 0 Å². The molecule has 0 aliphatic carbocycles. The smallest absolute Gasteiger partial charge is 0.726 e. The van der Waals surface area contributed by atoms with Crippen LogP contribution < -0.4 is 29.6 Å². The molecule has 4 atom stereocenters. The zero-order valence-corrected chi connectivity index (χ0v) is 11.6. The number of aldehydes is 1. The fourth-order valence-corrected chi connectivity index (χ4v) is 1.36. The number of hydrogen-bond acceptors (Lipinski definition) is 9. The van der Waals surface area contributed by atoms with Crippen LogP contribution in [0.25, 0.3) is 0 Å². The molecule has 0 radical (unpaired) electrons. The van der Waals surface area contributed by atoms with Gasteiger partial charge in [-0.1, -0.05) is 0 Å². The average molecular weight is 282 g/mol. The Labute approximate surface area is 119 Å². The minimum Gasteiger partial charge on any atom is -0.726 e. The van der Waals surface area contributed by atoms with E-state index in [0.29, 0.717) is 0 Å². The summed E-state index contributed by atoms with van der Waals surface area (Å²) >= 11 is 0. The molecule has 17 heavy (non-hydrogen) atoms. The number of carbonyl (C=O) groups excluding carboxylic acids is 1. The van der Waals surface area contributed by atoms with E-state index in [1.54, 1.807) is 0 Å². The molecule has 0 unspecified atom stereocenters. The predicted molar refractivity (Wildman–Crippen MR) is 45.7 cm³/mol. The van der Waals surface area contributed by atoms with Gasteiger partial charge in [0, 0.05) is 0 Å². The van der Waals surface area contributed by atoms with Crippen molar-refractivity contribution >= 4 is 16.7 Å². The Balaban J connectivity index is 0. The van der Waals surface area contributed by atoms with Crippen molar-refractivity contribution in [1.82, 2.24) is 0 Å². The first-order valence-corrected chi connectivity index (χ1v) is 5.30. The third-order valence-electron chi connectivity index (χ3n) is 1.62. The molecule has 0 spiro atoms. The Kier molecular flexibility index (Phi) is 9.83. The normalized spacial score (nSPS) is 18.6. The summed E-state index contributed by atoms with van der Waals surface area (Å²) in [4.78, 5) is 10.2. The molecular formula is C6H11NaO9S. The van der Waals surface area contributed by atoms with E-state index < -0.39 is 41.4 Å². The van der Waals surface area contributed by atoms with Crippen LogP contribution in [0.4, 0.5) is 0 Å². The number of aliphatic hydroxyl groups is 4. The quantitative estimate of drug-likeness (QED) is 0.154. The monoisotopic (exact) mass is 282 g/mol. The molecular weight excluding hydrogens is 271 g/mol. The van der Waals surface area contributed by atoms with E-state index in [0.717, 1.165) is 0 Å². The second-order valence-corrected chi connectivity index (χ2v) is 3.85. The summed E-state index contributed by atoms with van der Waals surface area (Å²) < 4.78 is 34.3. The maximum atomic E-state index is 10.2. The Bertz CT molecular complexity index is 317. The first kappa shape index (κ1) is 19.7. The molecule has 0 aliphatic rings. The molecule has 0 saturated carbocycles. The fourth-order valence-electron chi connectivity index (χ4n) is 0.856.